The second-order valence-corrected chi connectivity index (χ2v) is 8.46. The van der Waals surface area contributed by atoms with Gasteiger partial charge in [0.15, 0.2) is 17.4 Å². The van der Waals surface area contributed by atoms with Gasteiger partial charge in [-0.1, -0.05) is 6.07 Å². The summed E-state index contributed by atoms with van der Waals surface area (Å²) in [6, 6.07) is 10.5. The smallest absolute Gasteiger partial charge is 0.303 e. The molecule has 3 aromatic carbocycles. The number of fused-ring (bicyclic) bond motifs is 1. The molecule has 3 N–H and O–H groups in total. The van der Waals surface area contributed by atoms with E-state index in [2.05, 4.69) is 15.0 Å². The maximum atomic E-state index is 14.8. The lowest BCUT2D eigenvalue weighted by molar-refractivity contribution is -0.136. The lowest BCUT2D eigenvalue weighted by Crippen LogP contribution is -1.99. The zero-order chi connectivity index (χ0) is 26.1. The molecule has 5 aromatic rings. The molecular weight excluding hydrogens is 490 g/mol. The summed E-state index contributed by atoms with van der Waals surface area (Å²) in [5.41, 5.74) is 1.88. The Labute approximate surface area is 207 Å². The molecule has 0 aliphatic heterocycles. The molecule has 0 aliphatic carbocycles. The van der Waals surface area contributed by atoms with E-state index in [-0.39, 0.29) is 47.3 Å². The van der Waals surface area contributed by atoms with Crippen LogP contribution < -0.4 is 4.74 Å². The standard InChI is InChI=1S/C27H19F4N3O3/c28-16-8-14(1-4-24(35)36)7-15(9-16)10-17-13-33-27(34-17)20-11-18(2-3-21(20)29)37-26-22(30)12-23-19(25(26)31)5-6-32-23/h2-3,5-9,11-13,32H,1,4,10H2,(H,33,34)(H,35,36). The van der Waals surface area contributed by atoms with Crippen LogP contribution in [0.25, 0.3) is 22.3 Å². The molecule has 2 heterocycles. The van der Waals surface area contributed by atoms with Gasteiger partial charge in [-0.2, -0.15) is 0 Å². The molecule has 6 nitrogen and oxygen atoms in total. The second-order valence-electron chi connectivity index (χ2n) is 8.46. The third-order valence-corrected chi connectivity index (χ3v) is 5.78. The van der Waals surface area contributed by atoms with Gasteiger partial charge in [0.25, 0.3) is 0 Å². The number of aliphatic carboxylic acids is 1. The lowest BCUT2D eigenvalue weighted by atomic mass is 10.0. The van der Waals surface area contributed by atoms with E-state index in [4.69, 9.17) is 9.84 Å². The van der Waals surface area contributed by atoms with E-state index < -0.39 is 35.0 Å². The third-order valence-electron chi connectivity index (χ3n) is 5.78. The van der Waals surface area contributed by atoms with E-state index in [0.717, 1.165) is 12.1 Å². The van der Waals surface area contributed by atoms with E-state index in [1.165, 1.54) is 42.7 Å². The normalized spacial score (nSPS) is 11.2. The number of carboxylic acid groups (broad SMARTS) is 1. The largest absolute Gasteiger partial charge is 0.481 e. The first kappa shape index (κ1) is 24.1. The molecule has 2 aromatic heterocycles. The quantitative estimate of drug-likeness (QED) is 0.208. The van der Waals surface area contributed by atoms with Crippen molar-refractivity contribution >= 4 is 16.9 Å². The zero-order valence-electron chi connectivity index (χ0n) is 19.1. The number of aromatic amines is 2. The first-order valence-electron chi connectivity index (χ1n) is 11.2. The van der Waals surface area contributed by atoms with Crippen molar-refractivity contribution in [2.24, 2.45) is 0 Å². The van der Waals surface area contributed by atoms with Gasteiger partial charge in [0, 0.05) is 36.7 Å². The van der Waals surface area contributed by atoms with Crippen LogP contribution in [0, 0.1) is 23.3 Å². The highest BCUT2D eigenvalue weighted by atomic mass is 19.1. The molecular formula is C27H19F4N3O3. The maximum Gasteiger partial charge on any atom is 0.303 e. The summed E-state index contributed by atoms with van der Waals surface area (Å²) in [4.78, 5) is 20.8. The molecule has 0 unspecified atom stereocenters. The summed E-state index contributed by atoms with van der Waals surface area (Å²) < 4.78 is 63.4. The minimum absolute atomic E-state index is 0.00441. The Bertz CT molecular complexity index is 1630. The van der Waals surface area contributed by atoms with Crippen LogP contribution in [-0.4, -0.2) is 26.0 Å². The lowest BCUT2D eigenvalue weighted by Gasteiger charge is -2.10. The maximum absolute atomic E-state index is 14.8. The summed E-state index contributed by atoms with van der Waals surface area (Å²) in [7, 11) is 0. The number of carbonyl (C=O) groups is 1. The molecule has 0 amide bonds. The van der Waals surface area contributed by atoms with Gasteiger partial charge in [0.1, 0.15) is 23.2 Å². The Morgan fingerprint density at radius 3 is 2.57 bits per heavy atom. The SMILES string of the molecule is O=C(O)CCc1cc(F)cc(Cc2c[nH]c(-c3cc(Oc4c(F)cc5[nH]ccc5c4F)ccc3F)n2)c1. The van der Waals surface area contributed by atoms with E-state index in [1.54, 1.807) is 6.07 Å². The number of halogens is 4. The predicted octanol–water partition coefficient (Wildman–Crippen LogP) is 6.51. The molecule has 10 heteroatoms. The van der Waals surface area contributed by atoms with Crippen molar-refractivity contribution in [1.82, 2.24) is 15.0 Å². The van der Waals surface area contributed by atoms with E-state index in [1.807, 2.05) is 0 Å². The Morgan fingerprint density at radius 1 is 0.946 bits per heavy atom. The van der Waals surface area contributed by atoms with Crippen molar-refractivity contribution in [1.29, 1.82) is 0 Å². The monoisotopic (exact) mass is 509 g/mol. The molecule has 5 rings (SSSR count). The predicted molar refractivity (Wildman–Crippen MR) is 127 cm³/mol. The van der Waals surface area contributed by atoms with Crippen LogP contribution in [-0.2, 0) is 17.6 Å². The van der Waals surface area contributed by atoms with Crippen LogP contribution in [0.5, 0.6) is 11.5 Å². The van der Waals surface area contributed by atoms with Gasteiger partial charge < -0.3 is 19.8 Å². The van der Waals surface area contributed by atoms with Crippen LogP contribution in [0.2, 0.25) is 0 Å². The first-order valence-corrected chi connectivity index (χ1v) is 11.2. The molecule has 0 saturated carbocycles. The summed E-state index contributed by atoms with van der Waals surface area (Å²) in [5, 5.41) is 9.01. The van der Waals surface area contributed by atoms with Crippen LogP contribution >= 0.6 is 0 Å². The van der Waals surface area contributed by atoms with Crippen molar-refractivity contribution in [2.75, 3.05) is 0 Å². The minimum Gasteiger partial charge on any atom is -0.481 e. The fourth-order valence-corrected chi connectivity index (χ4v) is 4.09. The number of aromatic nitrogens is 3. The number of nitrogens with one attached hydrogen (secondary N) is 2. The molecule has 0 saturated heterocycles. The molecule has 0 bridgehead atoms. The molecule has 0 spiro atoms. The first-order chi connectivity index (χ1) is 17.8. The van der Waals surface area contributed by atoms with Crippen molar-refractivity contribution in [3.63, 3.8) is 0 Å². The molecule has 188 valence electrons. The number of hydrogen-bond donors (Lipinski definition) is 3. The fraction of sp³-hybridized carbons (Fsp3) is 0.111. The molecule has 0 atom stereocenters. The fourth-order valence-electron chi connectivity index (χ4n) is 4.09. The van der Waals surface area contributed by atoms with Crippen LogP contribution in [0.15, 0.2) is 60.9 Å². The number of imidazole rings is 1. The number of rotatable bonds is 8. The number of ether oxygens (including phenoxy) is 1. The molecule has 0 radical (unpaired) electrons. The molecule has 0 fully saturated rings. The topological polar surface area (TPSA) is 91.0 Å². The summed E-state index contributed by atoms with van der Waals surface area (Å²) in [6.45, 7) is 0. The van der Waals surface area contributed by atoms with E-state index in [9.17, 15) is 22.4 Å². The average molecular weight is 509 g/mol. The highest BCUT2D eigenvalue weighted by molar-refractivity contribution is 5.82. The Kier molecular flexibility index (Phi) is 6.39. The number of benzene rings is 3. The van der Waals surface area contributed by atoms with E-state index >= 15 is 0 Å². The van der Waals surface area contributed by atoms with Gasteiger partial charge in [-0.3, -0.25) is 4.79 Å². The van der Waals surface area contributed by atoms with E-state index in [0.29, 0.717) is 16.8 Å². The van der Waals surface area contributed by atoms with Gasteiger partial charge in [-0.15, -0.1) is 0 Å². The number of carboxylic acids is 1. The van der Waals surface area contributed by atoms with Crippen molar-refractivity contribution in [3.8, 4) is 22.9 Å². The zero-order valence-corrected chi connectivity index (χ0v) is 19.1. The molecule has 0 aliphatic rings. The highest BCUT2D eigenvalue weighted by Crippen LogP contribution is 2.34. The Balaban J connectivity index is 1.38. The van der Waals surface area contributed by atoms with Crippen LogP contribution in [0.1, 0.15) is 23.2 Å². The number of hydrogen-bond acceptors (Lipinski definition) is 3. The Morgan fingerprint density at radius 2 is 1.76 bits per heavy atom. The van der Waals surface area contributed by atoms with Crippen molar-refractivity contribution in [2.45, 2.75) is 19.3 Å². The Hall–Kier alpha value is -4.60. The second kappa shape index (κ2) is 9.81. The van der Waals surface area contributed by atoms with Crippen LogP contribution in [0.3, 0.4) is 0 Å². The number of nitrogens with zero attached hydrogens (tertiary/aromatic N) is 1. The van der Waals surface area contributed by atoms with Crippen molar-refractivity contribution < 1.29 is 32.2 Å². The number of H-pyrrole nitrogens is 2. The van der Waals surface area contributed by atoms with Crippen LogP contribution in [0.4, 0.5) is 17.6 Å². The van der Waals surface area contributed by atoms with Crippen molar-refractivity contribution in [3.05, 3.63) is 101 Å². The van der Waals surface area contributed by atoms with Gasteiger partial charge in [-0.05, 0) is 53.9 Å². The minimum atomic E-state index is -0.980. The third kappa shape index (κ3) is 5.18. The average Bonchev–Trinajstić information content (AvgIpc) is 3.51. The molecule has 37 heavy (non-hydrogen) atoms. The summed E-state index contributed by atoms with van der Waals surface area (Å²) in [5.74, 6) is -4.41. The van der Waals surface area contributed by atoms with Gasteiger partial charge >= 0.3 is 5.97 Å². The number of aryl methyl sites for hydroxylation is 1. The van der Waals surface area contributed by atoms with Gasteiger partial charge in [0.2, 0.25) is 0 Å². The highest BCUT2D eigenvalue weighted by Gasteiger charge is 2.18. The summed E-state index contributed by atoms with van der Waals surface area (Å²) in [6.07, 6.45) is 3.27. The summed E-state index contributed by atoms with van der Waals surface area (Å²) >= 11 is 0. The van der Waals surface area contributed by atoms with Gasteiger partial charge in [0.05, 0.1) is 16.8 Å². The van der Waals surface area contributed by atoms with Gasteiger partial charge in [-0.25, -0.2) is 22.5 Å².